The van der Waals surface area contributed by atoms with E-state index in [4.69, 9.17) is 4.74 Å². The van der Waals surface area contributed by atoms with Crippen LogP contribution >= 0.6 is 15.9 Å². The summed E-state index contributed by atoms with van der Waals surface area (Å²) >= 11 is 3.33. The van der Waals surface area contributed by atoms with E-state index in [0.717, 1.165) is 10.0 Å². The van der Waals surface area contributed by atoms with Gasteiger partial charge in [-0.15, -0.1) is 0 Å². The average molecular weight is 271 g/mol. The predicted molar refractivity (Wildman–Crippen MR) is 56.8 cm³/mol. The highest BCUT2D eigenvalue weighted by molar-refractivity contribution is 9.10. The first-order valence-electron chi connectivity index (χ1n) is 4.10. The number of ether oxygens (including phenoxy) is 1. The van der Waals surface area contributed by atoms with Crippen LogP contribution in [0.1, 0.15) is 0 Å². The normalized spacial score (nSPS) is 10.3. The molecule has 1 aromatic carbocycles. The van der Waals surface area contributed by atoms with Crippen LogP contribution < -0.4 is 10.5 Å². The minimum atomic E-state index is -0.577. The Morgan fingerprint density at radius 1 is 1.53 bits per heavy atom. The first-order valence-corrected chi connectivity index (χ1v) is 4.90. The van der Waals surface area contributed by atoms with Gasteiger partial charge in [-0.25, -0.2) is 4.79 Å². The average Bonchev–Trinajstić information content (AvgIpc) is 2.66. The Labute approximate surface area is 93.2 Å². The van der Waals surface area contributed by atoms with Gasteiger partial charge < -0.3 is 4.74 Å². The van der Waals surface area contributed by atoms with E-state index in [0.29, 0.717) is 11.6 Å². The minimum Gasteiger partial charge on any atom is -0.496 e. The molecule has 0 aliphatic heterocycles. The molecule has 1 aromatic heterocycles. The highest BCUT2D eigenvalue weighted by Gasteiger charge is 2.07. The van der Waals surface area contributed by atoms with Crippen LogP contribution in [0.25, 0.3) is 11.4 Å². The van der Waals surface area contributed by atoms with Gasteiger partial charge in [-0.2, -0.15) is 0 Å². The van der Waals surface area contributed by atoms with Crippen LogP contribution in [-0.4, -0.2) is 17.3 Å². The zero-order valence-corrected chi connectivity index (χ0v) is 9.37. The van der Waals surface area contributed by atoms with Crippen LogP contribution in [0.4, 0.5) is 0 Å². The number of nitrogens with zero attached hydrogens (tertiary/aromatic N) is 1. The fraction of sp³-hybridized carbons (Fsp3) is 0.111. The Hall–Kier alpha value is -1.56. The molecule has 0 bridgehead atoms. The number of nitrogens with one attached hydrogen (secondary N) is 1. The largest absolute Gasteiger partial charge is 0.496 e. The topological polar surface area (TPSA) is 68.1 Å². The summed E-state index contributed by atoms with van der Waals surface area (Å²) in [4.78, 5) is 13.2. The van der Waals surface area contributed by atoms with E-state index in [9.17, 15) is 4.79 Å². The van der Waals surface area contributed by atoms with Crippen LogP contribution in [0.5, 0.6) is 5.75 Å². The quantitative estimate of drug-likeness (QED) is 0.904. The molecule has 2 aromatic rings. The Morgan fingerprint density at radius 2 is 2.33 bits per heavy atom. The van der Waals surface area contributed by atoms with Gasteiger partial charge in [-0.1, -0.05) is 5.16 Å². The van der Waals surface area contributed by atoms with Gasteiger partial charge in [0.25, 0.3) is 0 Å². The maximum atomic E-state index is 10.8. The number of aromatic nitrogens is 2. The number of hydrogen-bond acceptors (Lipinski definition) is 4. The zero-order chi connectivity index (χ0) is 10.8. The second-order valence-electron chi connectivity index (χ2n) is 2.79. The number of aromatic amines is 1. The molecule has 0 aliphatic rings. The van der Waals surface area contributed by atoms with Crippen molar-refractivity contribution < 1.29 is 9.26 Å². The Bertz CT molecular complexity index is 532. The van der Waals surface area contributed by atoms with E-state index in [2.05, 4.69) is 30.6 Å². The van der Waals surface area contributed by atoms with Crippen molar-refractivity contribution in [2.75, 3.05) is 7.11 Å². The molecule has 1 N–H and O–H groups in total. The molecule has 0 spiro atoms. The van der Waals surface area contributed by atoms with Crippen molar-refractivity contribution in [1.82, 2.24) is 10.1 Å². The summed E-state index contributed by atoms with van der Waals surface area (Å²) in [6.45, 7) is 0. The maximum absolute atomic E-state index is 10.8. The molecule has 2 rings (SSSR count). The lowest BCUT2D eigenvalue weighted by atomic mass is 10.2. The molecule has 1 heterocycles. The van der Waals surface area contributed by atoms with Crippen molar-refractivity contribution in [3.8, 4) is 17.1 Å². The van der Waals surface area contributed by atoms with Crippen molar-refractivity contribution in [3.63, 3.8) is 0 Å². The van der Waals surface area contributed by atoms with E-state index >= 15 is 0 Å². The Kier molecular flexibility index (Phi) is 2.59. The standard InChI is InChI=1S/C9H7BrN2O3/c1-14-7-4-5(2-3-6(7)10)8-11-9(13)15-12-8/h2-4H,1H3,(H,11,12,13). The summed E-state index contributed by atoms with van der Waals surface area (Å²) in [5, 5.41) is 3.58. The maximum Gasteiger partial charge on any atom is 0.439 e. The van der Waals surface area contributed by atoms with Gasteiger partial charge >= 0.3 is 5.76 Å². The lowest BCUT2D eigenvalue weighted by Crippen LogP contribution is -1.95. The number of H-pyrrole nitrogens is 1. The summed E-state index contributed by atoms with van der Waals surface area (Å²) in [6, 6.07) is 5.35. The molecule has 0 atom stereocenters. The number of benzene rings is 1. The first-order chi connectivity index (χ1) is 7.20. The molecule has 0 saturated heterocycles. The SMILES string of the molecule is COc1cc(-c2noc(=O)[nH]2)ccc1Br. The molecule has 0 unspecified atom stereocenters. The molecule has 6 heteroatoms. The summed E-state index contributed by atoms with van der Waals surface area (Å²) in [5.74, 6) is 0.467. The lowest BCUT2D eigenvalue weighted by molar-refractivity contribution is 0.388. The molecular formula is C9H7BrN2O3. The van der Waals surface area contributed by atoms with E-state index < -0.39 is 5.76 Å². The monoisotopic (exact) mass is 270 g/mol. The summed E-state index contributed by atoms with van der Waals surface area (Å²) < 4.78 is 10.4. The van der Waals surface area contributed by atoms with Gasteiger partial charge in [0.05, 0.1) is 11.6 Å². The third-order valence-corrected chi connectivity index (χ3v) is 2.52. The predicted octanol–water partition coefficient (Wildman–Crippen LogP) is 1.80. The minimum absolute atomic E-state index is 0.380. The third kappa shape index (κ3) is 1.94. The van der Waals surface area contributed by atoms with Gasteiger partial charge in [0.15, 0.2) is 5.82 Å². The zero-order valence-electron chi connectivity index (χ0n) is 7.78. The third-order valence-electron chi connectivity index (χ3n) is 1.86. The van der Waals surface area contributed by atoms with Crippen LogP contribution in [0.2, 0.25) is 0 Å². The lowest BCUT2D eigenvalue weighted by Gasteiger charge is -2.03. The van der Waals surface area contributed by atoms with Crippen molar-refractivity contribution >= 4 is 15.9 Å². The molecule has 0 aliphatic carbocycles. The van der Waals surface area contributed by atoms with Crippen LogP contribution in [0.15, 0.2) is 32.0 Å². The van der Waals surface area contributed by atoms with E-state index in [1.165, 1.54) is 0 Å². The van der Waals surface area contributed by atoms with Gasteiger partial charge in [-0.3, -0.25) is 9.51 Å². The Morgan fingerprint density at radius 3 is 2.93 bits per heavy atom. The Balaban J connectivity index is 2.50. The number of rotatable bonds is 2. The van der Waals surface area contributed by atoms with Crippen LogP contribution in [-0.2, 0) is 0 Å². The highest BCUT2D eigenvalue weighted by atomic mass is 79.9. The van der Waals surface area contributed by atoms with Gasteiger partial charge in [-0.05, 0) is 34.1 Å². The van der Waals surface area contributed by atoms with Gasteiger partial charge in [0, 0.05) is 5.56 Å². The van der Waals surface area contributed by atoms with E-state index in [1.54, 1.807) is 25.3 Å². The molecule has 0 fully saturated rings. The van der Waals surface area contributed by atoms with Gasteiger partial charge in [0.2, 0.25) is 0 Å². The van der Waals surface area contributed by atoms with Gasteiger partial charge in [0.1, 0.15) is 5.75 Å². The molecule has 5 nitrogen and oxygen atoms in total. The van der Waals surface area contributed by atoms with E-state index in [-0.39, 0.29) is 0 Å². The molecule has 78 valence electrons. The number of hydrogen-bond donors (Lipinski definition) is 1. The van der Waals surface area contributed by atoms with Crippen molar-refractivity contribution in [2.24, 2.45) is 0 Å². The number of halogens is 1. The summed E-state index contributed by atoms with van der Waals surface area (Å²) in [7, 11) is 1.56. The molecule has 0 radical (unpaired) electrons. The van der Waals surface area contributed by atoms with E-state index in [1.807, 2.05) is 0 Å². The van der Waals surface area contributed by atoms with Crippen molar-refractivity contribution in [3.05, 3.63) is 33.2 Å². The molecule has 0 saturated carbocycles. The summed E-state index contributed by atoms with van der Waals surface area (Å²) in [5.41, 5.74) is 0.723. The second-order valence-corrected chi connectivity index (χ2v) is 3.65. The van der Waals surface area contributed by atoms with Crippen LogP contribution in [0, 0.1) is 0 Å². The smallest absolute Gasteiger partial charge is 0.439 e. The second kappa shape index (κ2) is 3.90. The van der Waals surface area contributed by atoms with Crippen molar-refractivity contribution in [2.45, 2.75) is 0 Å². The fourth-order valence-electron chi connectivity index (χ4n) is 1.16. The fourth-order valence-corrected chi connectivity index (χ4v) is 1.57. The first kappa shape index (κ1) is 9.97. The molecule has 15 heavy (non-hydrogen) atoms. The van der Waals surface area contributed by atoms with Crippen LogP contribution in [0.3, 0.4) is 0 Å². The highest BCUT2D eigenvalue weighted by Crippen LogP contribution is 2.28. The number of methoxy groups -OCH3 is 1. The molecular weight excluding hydrogens is 264 g/mol. The summed E-state index contributed by atoms with van der Waals surface area (Å²) in [6.07, 6.45) is 0. The molecule has 0 amide bonds. The van der Waals surface area contributed by atoms with Crippen molar-refractivity contribution in [1.29, 1.82) is 0 Å².